The molecule has 2 aliphatic heterocycles. The van der Waals surface area contributed by atoms with E-state index in [0.717, 1.165) is 13.1 Å². The Morgan fingerprint density at radius 1 is 1.43 bits per heavy atom. The molecule has 0 bridgehead atoms. The second-order valence-electron chi connectivity index (χ2n) is 6.02. The van der Waals surface area contributed by atoms with Crippen molar-refractivity contribution < 1.29 is 17.9 Å². The van der Waals surface area contributed by atoms with Crippen LogP contribution in [-0.4, -0.2) is 63.6 Å². The first-order valence-electron chi connectivity index (χ1n) is 7.88. The summed E-state index contributed by atoms with van der Waals surface area (Å²) in [6, 6.07) is 4.22. The summed E-state index contributed by atoms with van der Waals surface area (Å²) in [6.07, 6.45) is 0.440. The van der Waals surface area contributed by atoms with E-state index >= 15 is 0 Å². The van der Waals surface area contributed by atoms with Gasteiger partial charge in [-0.1, -0.05) is 6.07 Å². The average molecular weight is 358 g/mol. The number of hydrogen-bond acceptors (Lipinski definition) is 6. The fourth-order valence-corrected chi connectivity index (χ4v) is 5.73. The first-order chi connectivity index (χ1) is 11.1. The predicted molar refractivity (Wildman–Crippen MR) is 89.2 cm³/mol. The SMILES string of the molecule is O=C(NC[C@H](c1cccs1)N1CCOCC1)[C@H]1CCS(=O)(=O)C1. The molecule has 6 nitrogen and oxygen atoms in total. The number of ether oxygens (including phenoxy) is 1. The van der Waals surface area contributed by atoms with E-state index in [1.807, 2.05) is 11.4 Å². The fourth-order valence-electron chi connectivity index (χ4n) is 3.12. The molecule has 0 aliphatic carbocycles. The molecule has 0 aromatic carbocycles. The smallest absolute Gasteiger partial charge is 0.224 e. The van der Waals surface area contributed by atoms with Crippen LogP contribution in [-0.2, 0) is 19.4 Å². The van der Waals surface area contributed by atoms with Crippen molar-refractivity contribution in [3.8, 4) is 0 Å². The molecule has 3 rings (SSSR count). The maximum atomic E-state index is 12.3. The van der Waals surface area contributed by atoms with Gasteiger partial charge >= 0.3 is 0 Å². The van der Waals surface area contributed by atoms with Crippen molar-refractivity contribution in [2.75, 3.05) is 44.4 Å². The van der Waals surface area contributed by atoms with Gasteiger partial charge < -0.3 is 10.1 Å². The Hall–Kier alpha value is -0.960. The quantitative estimate of drug-likeness (QED) is 0.837. The van der Waals surface area contributed by atoms with Crippen molar-refractivity contribution in [3.63, 3.8) is 0 Å². The molecule has 0 radical (unpaired) electrons. The number of rotatable bonds is 5. The number of sulfone groups is 1. The summed E-state index contributed by atoms with van der Waals surface area (Å²) in [4.78, 5) is 15.8. The molecular weight excluding hydrogens is 336 g/mol. The van der Waals surface area contributed by atoms with Gasteiger partial charge in [-0.05, 0) is 17.9 Å². The van der Waals surface area contributed by atoms with Crippen LogP contribution in [0.4, 0.5) is 0 Å². The molecule has 0 saturated carbocycles. The third-order valence-electron chi connectivity index (χ3n) is 4.43. The number of nitrogens with one attached hydrogen (secondary N) is 1. The van der Waals surface area contributed by atoms with Gasteiger partial charge in [-0.15, -0.1) is 11.3 Å². The lowest BCUT2D eigenvalue weighted by Gasteiger charge is -2.34. The van der Waals surface area contributed by atoms with Crippen LogP contribution in [0.2, 0.25) is 0 Å². The molecule has 1 aromatic heterocycles. The van der Waals surface area contributed by atoms with Crippen LogP contribution in [0, 0.1) is 5.92 Å². The number of hydrogen-bond donors (Lipinski definition) is 1. The molecule has 128 valence electrons. The van der Waals surface area contributed by atoms with Gasteiger partial charge in [-0.3, -0.25) is 9.69 Å². The zero-order chi connectivity index (χ0) is 16.3. The number of morpholine rings is 1. The second-order valence-corrected chi connectivity index (χ2v) is 9.23. The highest BCUT2D eigenvalue weighted by Gasteiger charge is 2.33. The van der Waals surface area contributed by atoms with E-state index in [1.165, 1.54) is 4.88 Å². The van der Waals surface area contributed by atoms with Crippen molar-refractivity contribution in [1.29, 1.82) is 0 Å². The number of thiophene rings is 1. The van der Waals surface area contributed by atoms with E-state index in [2.05, 4.69) is 16.3 Å². The van der Waals surface area contributed by atoms with Gasteiger partial charge in [0.15, 0.2) is 9.84 Å². The largest absolute Gasteiger partial charge is 0.379 e. The van der Waals surface area contributed by atoms with Crippen LogP contribution in [0.1, 0.15) is 17.3 Å². The lowest BCUT2D eigenvalue weighted by atomic mass is 10.1. The van der Waals surface area contributed by atoms with Gasteiger partial charge in [-0.2, -0.15) is 0 Å². The normalized spacial score (nSPS) is 26.0. The lowest BCUT2D eigenvalue weighted by molar-refractivity contribution is -0.124. The van der Waals surface area contributed by atoms with Crippen molar-refractivity contribution in [2.24, 2.45) is 5.92 Å². The number of carbonyl (C=O) groups excluding carboxylic acids is 1. The van der Waals surface area contributed by atoms with Gasteiger partial charge in [0.2, 0.25) is 5.91 Å². The summed E-state index contributed by atoms with van der Waals surface area (Å²) in [5.41, 5.74) is 0. The van der Waals surface area contributed by atoms with Crippen LogP contribution in [0.5, 0.6) is 0 Å². The molecular formula is C15H22N2O4S2. The highest BCUT2D eigenvalue weighted by Crippen LogP contribution is 2.26. The molecule has 1 N–H and O–H groups in total. The minimum Gasteiger partial charge on any atom is -0.379 e. The molecule has 3 heterocycles. The van der Waals surface area contributed by atoms with Crippen molar-refractivity contribution >= 4 is 27.1 Å². The van der Waals surface area contributed by atoms with E-state index < -0.39 is 15.8 Å². The monoisotopic (exact) mass is 358 g/mol. The maximum Gasteiger partial charge on any atom is 0.224 e. The summed E-state index contributed by atoms with van der Waals surface area (Å²) in [6.45, 7) is 3.61. The zero-order valence-electron chi connectivity index (χ0n) is 12.9. The average Bonchev–Trinajstić information content (AvgIpc) is 3.18. The molecule has 23 heavy (non-hydrogen) atoms. The Kier molecular flexibility index (Phi) is 5.35. The molecule has 8 heteroatoms. The van der Waals surface area contributed by atoms with E-state index in [-0.39, 0.29) is 23.5 Å². The van der Waals surface area contributed by atoms with E-state index in [0.29, 0.717) is 26.2 Å². The van der Waals surface area contributed by atoms with Crippen molar-refractivity contribution in [2.45, 2.75) is 12.5 Å². The first-order valence-corrected chi connectivity index (χ1v) is 10.6. The van der Waals surface area contributed by atoms with Gasteiger partial charge in [0.1, 0.15) is 0 Å². The van der Waals surface area contributed by atoms with Crippen molar-refractivity contribution in [1.82, 2.24) is 10.2 Å². The summed E-state index contributed by atoms with van der Waals surface area (Å²) >= 11 is 1.68. The van der Waals surface area contributed by atoms with Crippen LogP contribution >= 0.6 is 11.3 Å². The summed E-state index contributed by atoms with van der Waals surface area (Å²) in [5, 5.41) is 5.00. The molecule has 2 saturated heterocycles. The summed E-state index contributed by atoms with van der Waals surface area (Å²) in [5.74, 6) is -0.419. The molecule has 2 atom stereocenters. The number of nitrogens with zero attached hydrogens (tertiary/aromatic N) is 1. The Balaban J connectivity index is 1.61. The highest BCUT2D eigenvalue weighted by molar-refractivity contribution is 7.91. The van der Waals surface area contributed by atoms with Crippen LogP contribution < -0.4 is 5.32 Å². The molecule has 2 fully saturated rings. The van der Waals surface area contributed by atoms with Gasteiger partial charge in [0.25, 0.3) is 0 Å². The molecule has 1 aromatic rings. The third kappa shape index (κ3) is 4.32. The number of carbonyl (C=O) groups is 1. The minimum absolute atomic E-state index is 0.0138. The van der Waals surface area contributed by atoms with Crippen LogP contribution in [0.25, 0.3) is 0 Å². The van der Waals surface area contributed by atoms with E-state index in [4.69, 9.17) is 4.74 Å². The van der Waals surface area contributed by atoms with Gasteiger partial charge in [0, 0.05) is 24.5 Å². The van der Waals surface area contributed by atoms with Crippen LogP contribution in [0.15, 0.2) is 17.5 Å². The predicted octanol–water partition coefficient (Wildman–Crippen LogP) is 0.672. The van der Waals surface area contributed by atoms with E-state index in [1.54, 1.807) is 11.3 Å². The van der Waals surface area contributed by atoms with E-state index in [9.17, 15) is 13.2 Å². The Morgan fingerprint density at radius 3 is 2.83 bits per heavy atom. The topological polar surface area (TPSA) is 75.7 Å². The first kappa shape index (κ1) is 16.9. The highest BCUT2D eigenvalue weighted by atomic mass is 32.2. The number of amides is 1. The molecule has 2 aliphatic rings. The third-order valence-corrected chi connectivity index (χ3v) is 7.17. The standard InChI is InChI=1S/C15H22N2O4S2/c18-15(12-3-9-23(19,20)11-12)16-10-13(14-2-1-8-22-14)17-4-6-21-7-5-17/h1-2,8,12-13H,3-7,9-11H2,(H,16,18)/t12-,13+/m0/s1. The molecule has 0 unspecified atom stereocenters. The summed E-state index contributed by atoms with van der Waals surface area (Å²) in [7, 11) is -3.03. The Labute approximate surface area is 140 Å². The Bertz CT molecular complexity index is 624. The maximum absolute atomic E-state index is 12.3. The summed E-state index contributed by atoms with van der Waals surface area (Å²) < 4.78 is 28.4. The lowest BCUT2D eigenvalue weighted by Crippen LogP contribution is -2.44. The van der Waals surface area contributed by atoms with Gasteiger partial charge in [-0.25, -0.2) is 8.42 Å². The fraction of sp³-hybridized carbons (Fsp3) is 0.667. The van der Waals surface area contributed by atoms with Gasteiger partial charge in [0.05, 0.1) is 36.7 Å². The Morgan fingerprint density at radius 2 is 2.22 bits per heavy atom. The van der Waals surface area contributed by atoms with Crippen molar-refractivity contribution in [3.05, 3.63) is 22.4 Å². The molecule has 0 spiro atoms. The second kappa shape index (κ2) is 7.29. The minimum atomic E-state index is -3.03. The zero-order valence-corrected chi connectivity index (χ0v) is 14.6. The van der Waals surface area contributed by atoms with Crippen LogP contribution in [0.3, 0.4) is 0 Å². The molecule has 1 amide bonds.